The molecule has 0 spiro atoms. The van der Waals surface area contributed by atoms with Crippen LogP contribution in [0.1, 0.15) is 56.6 Å². The maximum absolute atomic E-state index is 16.6. The topological polar surface area (TPSA) is 83.4 Å². The van der Waals surface area contributed by atoms with Gasteiger partial charge in [0.2, 0.25) is 0 Å². The number of phenols is 1. The van der Waals surface area contributed by atoms with Crippen molar-refractivity contribution in [2.24, 2.45) is 0 Å². The molecule has 4 aliphatic heterocycles. The molecule has 0 saturated carbocycles. The second-order valence-corrected chi connectivity index (χ2v) is 13.0. The van der Waals surface area contributed by atoms with E-state index in [2.05, 4.69) is 20.2 Å². The largest absolute Gasteiger partial charge is 0.508 e. The lowest BCUT2D eigenvalue weighted by Crippen LogP contribution is -2.43. The van der Waals surface area contributed by atoms with E-state index >= 15 is 4.39 Å². The van der Waals surface area contributed by atoms with Gasteiger partial charge in [0.1, 0.15) is 29.7 Å². The fraction of sp³-hybridized carbons (Fsp3) is 0.469. The molecule has 2 N–H and O–H groups in total. The average Bonchev–Trinajstić information content (AvgIpc) is 3.61. The van der Waals surface area contributed by atoms with E-state index < -0.39 is 12.0 Å². The maximum Gasteiger partial charge on any atom is 0.317 e. The van der Waals surface area contributed by atoms with Crippen LogP contribution in [-0.2, 0) is 0 Å². The second kappa shape index (κ2) is 9.96. The number of hydrogen-bond acceptors (Lipinski definition) is 7. The maximum atomic E-state index is 16.6. The van der Waals surface area contributed by atoms with Crippen LogP contribution in [0.4, 0.5) is 8.78 Å². The van der Waals surface area contributed by atoms with Gasteiger partial charge >= 0.3 is 6.01 Å². The molecule has 0 radical (unpaired) electrons. The van der Waals surface area contributed by atoms with Gasteiger partial charge in [-0.25, -0.2) is 8.78 Å². The van der Waals surface area contributed by atoms with Crippen molar-refractivity contribution in [3.8, 4) is 23.0 Å². The van der Waals surface area contributed by atoms with Gasteiger partial charge in [-0.15, -0.1) is 0 Å². The lowest BCUT2D eigenvalue weighted by Gasteiger charge is -2.31. The Morgan fingerprint density at radius 2 is 2.00 bits per heavy atom. The summed E-state index contributed by atoms with van der Waals surface area (Å²) in [5.41, 5.74) is 0.947. The smallest absolute Gasteiger partial charge is 0.317 e. The van der Waals surface area contributed by atoms with Gasteiger partial charge in [0, 0.05) is 58.5 Å². The van der Waals surface area contributed by atoms with E-state index in [9.17, 15) is 9.50 Å². The third-order valence-corrected chi connectivity index (χ3v) is 10.3. The van der Waals surface area contributed by atoms with E-state index in [1.165, 1.54) is 6.07 Å². The highest BCUT2D eigenvalue weighted by Gasteiger charge is 2.49. The van der Waals surface area contributed by atoms with Gasteiger partial charge in [0.05, 0.1) is 11.2 Å². The fourth-order valence-electron chi connectivity index (χ4n) is 8.10. The first-order valence-electron chi connectivity index (χ1n) is 14.9. The van der Waals surface area contributed by atoms with Gasteiger partial charge in [0.25, 0.3) is 0 Å². The number of piperidine rings is 1. The molecule has 10 heteroatoms. The van der Waals surface area contributed by atoms with Crippen LogP contribution in [0.5, 0.6) is 11.8 Å². The second-order valence-electron chi connectivity index (χ2n) is 12.6. The quantitative estimate of drug-likeness (QED) is 0.282. The van der Waals surface area contributed by atoms with Crippen LogP contribution in [-0.4, -0.2) is 68.4 Å². The Balaban J connectivity index is 1.26. The first-order chi connectivity index (χ1) is 20.4. The molecular weight excluding hydrogens is 560 g/mol. The molecule has 2 aromatic heterocycles. The van der Waals surface area contributed by atoms with Crippen LogP contribution in [0.25, 0.3) is 32.9 Å². The number of rotatable bonds is 5. The number of nitrogens with one attached hydrogen (secondary N) is 1. The van der Waals surface area contributed by atoms with Crippen molar-refractivity contribution in [2.45, 2.75) is 74.7 Å². The predicted octanol–water partition coefficient (Wildman–Crippen LogP) is 6.30. The Bertz CT molecular complexity index is 1710. The monoisotopic (exact) mass is 591 g/mol. The van der Waals surface area contributed by atoms with Gasteiger partial charge in [-0.1, -0.05) is 23.7 Å². The Morgan fingerprint density at radius 3 is 2.83 bits per heavy atom. The number of halogens is 3. The van der Waals surface area contributed by atoms with Crippen LogP contribution in [0, 0.1) is 5.82 Å². The minimum Gasteiger partial charge on any atom is -0.508 e. The van der Waals surface area contributed by atoms with Crippen LogP contribution < -0.4 is 10.1 Å². The normalized spacial score (nSPS) is 29.0. The lowest BCUT2D eigenvalue weighted by molar-refractivity contribution is 0.107. The third-order valence-electron chi connectivity index (χ3n) is 9.95. The number of ether oxygens (including phenoxy) is 1. The van der Waals surface area contributed by atoms with Crippen LogP contribution in [0.3, 0.4) is 0 Å². The molecule has 2 bridgehead atoms. The van der Waals surface area contributed by atoms with Gasteiger partial charge in [-0.05, 0) is 68.7 Å². The van der Waals surface area contributed by atoms with E-state index in [0.717, 1.165) is 50.8 Å². The van der Waals surface area contributed by atoms with E-state index in [1.807, 2.05) is 6.07 Å². The van der Waals surface area contributed by atoms with Crippen molar-refractivity contribution in [1.29, 1.82) is 0 Å². The molecule has 7 nitrogen and oxygen atoms in total. The van der Waals surface area contributed by atoms with Gasteiger partial charge < -0.3 is 15.2 Å². The van der Waals surface area contributed by atoms with Crippen molar-refractivity contribution in [2.75, 3.05) is 19.7 Å². The molecule has 42 heavy (non-hydrogen) atoms. The SMILES string of the molecule is Oc1cc(-c2ncc3c(C4CC5CCC(C4)N5)nc(OC[C@@]45CCCN4C[C@H](F)C5)nc3c2F)c2c(Cl)cccc2c1. The Morgan fingerprint density at radius 1 is 1.17 bits per heavy atom. The number of phenolic OH excluding ortho intramolecular Hbond substituents is 1. The van der Waals surface area contributed by atoms with Crippen molar-refractivity contribution < 1.29 is 18.6 Å². The Hall–Kier alpha value is -3.14. The highest BCUT2D eigenvalue weighted by molar-refractivity contribution is 6.36. The molecular formula is C32H32ClF2N5O2. The van der Waals surface area contributed by atoms with E-state index in [1.54, 1.807) is 24.4 Å². The number of alkyl halides is 1. The fourth-order valence-corrected chi connectivity index (χ4v) is 8.39. The molecule has 6 heterocycles. The van der Waals surface area contributed by atoms with Gasteiger partial charge in [0.15, 0.2) is 5.82 Å². The summed E-state index contributed by atoms with van der Waals surface area (Å²) in [6.07, 6.45) is 7.11. The third kappa shape index (κ3) is 4.31. The lowest BCUT2D eigenvalue weighted by atomic mass is 9.88. The van der Waals surface area contributed by atoms with E-state index in [0.29, 0.717) is 51.8 Å². The Labute approximate surface area is 247 Å². The summed E-state index contributed by atoms with van der Waals surface area (Å²) in [6.45, 7) is 1.55. The zero-order valence-corrected chi connectivity index (χ0v) is 23.9. The van der Waals surface area contributed by atoms with Crippen LogP contribution in [0.2, 0.25) is 5.02 Å². The van der Waals surface area contributed by atoms with Gasteiger partial charge in [-0.2, -0.15) is 9.97 Å². The Kier molecular flexibility index (Phi) is 6.28. The number of hydrogen-bond donors (Lipinski definition) is 2. The molecule has 4 atom stereocenters. The number of nitrogens with zero attached hydrogens (tertiary/aromatic N) is 4. The molecule has 0 aliphatic carbocycles. The van der Waals surface area contributed by atoms with Crippen molar-refractivity contribution in [3.05, 3.63) is 53.1 Å². The predicted molar refractivity (Wildman–Crippen MR) is 157 cm³/mol. The molecule has 2 aromatic carbocycles. The average molecular weight is 592 g/mol. The van der Waals surface area contributed by atoms with Crippen molar-refractivity contribution >= 4 is 33.3 Å². The van der Waals surface area contributed by atoms with E-state index in [-0.39, 0.29) is 41.0 Å². The number of aromatic nitrogens is 3. The van der Waals surface area contributed by atoms with Crippen molar-refractivity contribution in [3.63, 3.8) is 0 Å². The molecule has 4 fully saturated rings. The summed E-state index contributed by atoms with van der Waals surface area (Å²) in [6, 6.07) is 9.35. The number of fused-ring (bicyclic) bond motifs is 5. The summed E-state index contributed by atoms with van der Waals surface area (Å²) in [5, 5.41) is 16.4. The summed E-state index contributed by atoms with van der Waals surface area (Å²) >= 11 is 6.56. The summed E-state index contributed by atoms with van der Waals surface area (Å²) < 4.78 is 37.3. The summed E-state index contributed by atoms with van der Waals surface area (Å²) in [5.74, 6) is -0.514. The highest BCUT2D eigenvalue weighted by Crippen LogP contribution is 2.43. The summed E-state index contributed by atoms with van der Waals surface area (Å²) in [7, 11) is 0. The molecule has 4 aromatic rings. The van der Waals surface area contributed by atoms with Crippen molar-refractivity contribution in [1.82, 2.24) is 25.2 Å². The molecule has 0 amide bonds. The minimum absolute atomic E-state index is 0.0123. The number of pyridine rings is 1. The zero-order valence-electron chi connectivity index (χ0n) is 23.1. The summed E-state index contributed by atoms with van der Waals surface area (Å²) in [4.78, 5) is 16.3. The van der Waals surface area contributed by atoms with Crippen LogP contribution in [0.15, 0.2) is 36.5 Å². The highest BCUT2D eigenvalue weighted by atomic mass is 35.5. The first-order valence-corrected chi connectivity index (χ1v) is 15.3. The molecule has 218 valence electrons. The van der Waals surface area contributed by atoms with Gasteiger partial charge in [-0.3, -0.25) is 9.88 Å². The first kappa shape index (κ1) is 26.5. The van der Waals surface area contributed by atoms with E-state index in [4.69, 9.17) is 21.3 Å². The van der Waals surface area contributed by atoms with Crippen LogP contribution >= 0.6 is 11.6 Å². The zero-order chi connectivity index (χ0) is 28.6. The molecule has 4 aliphatic rings. The molecule has 4 saturated heterocycles. The molecule has 2 unspecified atom stereocenters. The minimum atomic E-state index is -0.873. The standard InChI is InChI=1S/C32H32ClF2N5O2/c33-25-4-1-3-17-11-22(41)12-23(26(17)25)29-27(35)30-24(14-36-29)28(18-9-20-5-6-21(10-18)37-20)38-31(39-30)42-16-32-7-2-8-40(32)15-19(34)13-32/h1,3-4,11-12,14,18-21,37,41H,2,5-10,13,15-16H2/t18?,19-,20?,21?,32+/m1/s1. The number of benzene rings is 2. The molecule has 8 rings (SSSR count). The number of aromatic hydroxyl groups is 1.